The molecule has 0 aromatic heterocycles. The lowest BCUT2D eigenvalue weighted by Crippen LogP contribution is -2.19. The van der Waals surface area contributed by atoms with Gasteiger partial charge in [-0.2, -0.15) is 0 Å². The van der Waals surface area contributed by atoms with Crippen LogP contribution in [-0.2, 0) is 4.79 Å². The molecule has 0 aliphatic rings. The molecule has 2 atom stereocenters. The van der Waals surface area contributed by atoms with Crippen LogP contribution in [0.4, 0.5) is 0 Å². The summed E-state index contributed by atoms with van der Waals surface area (Å²) in [6.07, 6.45) is 6.25. The van der Waals surface area contributed by atoms with Crippen molar-refractivity contribution >= 4 is 5.97 Å². The van der Waals surface area contributed by atoms with Gasteiger partial charge >= 0.3 is 5.97 Å². The summed E-state index contributed by atoms with van der Waals surface area (Å²) in [5.74, 6) is -0.657. The van der Waals surface area contributed by atoms with Crippen LogP contribution in [0.15, 0.2) is 12.2 Å². The minimum atomic E-state index is -0.704. The fourth-order valence-electron chi connectivity index (χ4n) is 2.59. The van der Waals surface area contributed by atoms with Crippen molar-refractivity contribution in [2.45, 2.75) is 61.3 Å². The molecule has 0 radical (unpaired) electrons. The lowest BCUT2D eigenvalue weighted by molar-refractivity contribution is -0.141. The molecule has 0 heterocycles. The SMILES string of the molecule is CC(/C=C/C(C)(C)CC(C)(C)C)CC(C)C(=O)O. The second-order valence-electron chi connectivity index (χ2n) is 7.54. The van der Waals surface area contributed by atoms with Crippen molar-refractivity contribution in [1.29, 1.82) is 0 Å². The molecule has 2 unspecified atom stereocenters. The fourth-order valence-corrected chi connectivity index (χ4v) is 2.59. The summed E-state index contributed by atoms with van der Waals surface area (Å²) in [6, 6.07) is 0. The van der Waals surface area contributed by atoms with Crippen molar-refractivity contribution in [2.75, 3.05) is 0 Å². The maximum atomic E-state index is 10.8. The van der Waals surface area contributed by atoms with E-state index in [1.165, 1.54) is 0 Å². The lowest BCUT2D eigenvalue weighted by atomic mass is 9.75. The summed E-state index contributed by atoms with van der Waals surface area (Å²) in [7, 11) is 0. The first-order valence-corrected chi connectivity index (χ1v) is 6.85. The first-order chi connectivity index (χ1) is 7.93. The number of rotatable bonds is 6. The topological polar surface area (TPSA) is 37.3 Å². The zero-order valence-electron chi connectivity index (χ0n) is 13.1. The van der Waals surface area contributed by atoms with Crippen LogP contribution in [0, 0.1) is 22.7 Å². The Morgan fingerprint density at radius 2 is 1.67 bits per heavy atom. The van der Waals surface area contributed by atoms with Gasteiger partial charge in [0.1, 0.15) is 0 Å². The molecule has 106 valence electrons. The third-order valence-corrected chi connectivity index (χ3v) is 3.01. The molecule has 0 saturated heterocycles. The van der Waals surface area contributed by atoms with Gasteiger partial charge in [0, 0.05) is 0 Å². The Morgan fingerprint density at radius 3 is 2.06 bits per heavy atom. The molecule has 0 spiro atoms. The predicted octanol–water partition coefficient (Wildman–Crippen LogP) is 4.75. The number of hydrogen-bond acceptors (Lipinski definition) is 1. The molecule has 0 saturated carbocycles. The number of allylic oxidation sites excluding steroid dienone is 2. The van der Waals surface area contributed by atoms with Crippen LogP contribution in [-0.4, -0.2) is 11.1 Å². The van der Waals surface area contributed by atoms with E-state index in [2.05, 4.69) is 53.7 Å². The average molecular weight is 254 g/mol. The summed E-state index contributed by atoms with van der Waals surface area (Å²) in [4.78, 5) is 10.8. The van der Waals surface area contributed by atoms with E-state index >= 15 is 0 Å². The van der Waals surface area contributed by atoms with Crippen LogP contribution in [0.1, 0.15) is 61.3 Å². The standard InChI is InChI=1S/C16H30O2/c1-12(10-13(2)14(17)18)8-9-16(6,7)11-15(3,4)5/h8-9,12-13H,10-11H2,1-7H3,(H,17,18)/b9-8+. The molecular weight excluding hydrogens is 224 g/mol. The van der Waals surface area contributed by atoms with Gasteiger partial charge in [0.25, 0.3) is 0 Å². The maximum Gasteiger partial charge on any atom is 0.306 e. The minimum absolute atomic E-state index is 0.166. The van der Waals surface area contributed by atoms with Crippen LogP contribution in [0.5, 0.6) is 0 Å². The number of hydrogen-bond donors (Lipinski definition) is 1. The number of aliphatic carboxylic acids is 1. The molecule has 0 amide bonds. The molecule has 0 bridgehead atoms. The Morgan fingerprint density at radius 1 is 1.17 bits per heavy atom. The molecule has 2 nitrogen and oxygen atoms in total. The number of carboxylic acids is 1. The van der Waals surface area contributed by atoms with Crippen molar-refractivity contribution in [3.63, 3.8) is 0 Å². The molecule has 18 heavy (non-hydrogen) atoms. The zero-order valence-corrected chi connectivity index (χ0v) is 13.1. The average Bonchev–Trinajstić information content (AvgIpc) is 2.11. The van der Waals surface area contributed by atoms with Crippen LogP contribution in [0.2, 0.25) is 0 Å². The molecule has 2 heteroatoms. The highest BCUT2D eigenvalue weighted by molar-refractivity contribution is 5.69. The molecule has 0 aromatic carbocycles. The predicted molar refractivity (Wildman–Crippen MR) is 77.6 cm³/mol. The monoisotopic (exact) mass is 254 g/mol. The number of carbonyl (C=O) groups is 1. The van der Waals surface area contributed by atoms with Gasteiger partial charge in [-0.25, -0.2) is 0 Å². The molecule has 0 aliphatic heterocycles. The van der Waals surface area contributed by atoms with Gasteiger partial charge in [0.2, 0.25) is 0 Å². The second kappa shape index (κ2) is 6.40. The molecule has 0 fully saturated rings. The highest BCUT2D eigenvalue weighted by atomic mass is 16.4. The quantitative estimate of drug-likeness (QED) is 0.694. The first kappa shape index (κ1) is 17.2. The smallest absolute Gasteiger partial charge is 0.306 e. The van der Waals surface area contributed by atoms with Crippen molar-refractivity contribution in [3.8, 4) is 0 Å². The molecule has 0 aliphatic carbocycles. The van der Waals surface area contributed by atoms with E-state index in [9.17, 15) is 4.79 Å². The Balaban J connectivity index is 4.40. The Hall–Kier alpha value is -0.790. The van der Waals surface area contributed by atoms with E-state index in [1.807, 2.05) is 0 Å². The summed E-state index contributed by atoms with van der Waals surface area (Å²) in [5.41, 5.74) is 0.477. The Bertz CT molecular complexity index is 295. The third-order valence-electron chi connectivity index (χ3n) is 3.01. The van der Waals surface area contributed by atoms with Gasteiger partial charge in [-0.15, -0.1) is 0 Å². The molecule has 0 aromatic rings. The lowest BCUT2D eigenvalue weighted by Gasteiger charge is -2.30. The van der Waals surface area contributed by atoms with Crippen LogP contribution in [0.3, 0.4) is 0 Å². The van der Waals surface area contributed by atoms with Crippen LogP contribution < -0.4 is 0 Å². The fraction of sp³-hybridized carbons (Fsp3) is 0.812. The van der Waals surface area contributed by atoms with E-state index in [0.717, 1.165) is 6.42 Å². The Kier molecular flexibility index (Phi) is 6.12. The van der Waals surface area contributed by atoms with E-state index in [4.69, 9.17) is 5.11 Å². The van der Waals surface area contributed by atoms with Gasteiger partial charge in [-0.1, -0.05) is 60.6 Å². The van der Waals surface area contributed by atoms with Crippen LogP contribution in [0.25, 0.3) is 0 Å². The largest absolute Gasteiger partial charge is 0.481 e. The van der Waals surface area contributed by atoms with Crippen molar-refractivity contribution in [3.05, 3.63) is 12.2 Å². The van der Waals surface area contributed by atoms with Crippen molar-refractivity contribution < 1.29 is 9.90 Å². The molecule has 0 rings (SSSR count). The van der Waals surface area contributed by atoms with Gasteiger partial charge in [-0.3, -0.25) is 4.79 Å². The van der Waals surface area contributed by atoms with E-state index in [-0.39, 0.29) is 11.3 Å². The first-order valence-electron chi connectivity index (χ1n) is 6.85. The van der Waals surface area contributed by atoms with E-state index in [1.54, 1.807) is 6.92 Å². The minimum Gasteiger partial charge on any atom is -0.481 e. The van der Waals surface area contributed by atoms with Gasteiger partial charge in [0.15, 0.2) is 0 Å². The summed E-state index contributed by atoms with van der Waals surface area (Å²) in [6.45, 7) is 15.1. The van der Waals surface area contributed by atoms with Crippen molar-refractivity contribution in [1.82, 2.24) is 0 Å². The highest BCUT2D eigenvalue weighted by Crippen LogP contribution is 2.34. The Labute approximate surface area is 112 Å². The highest BCUT2D eigenvalue weighted by Gasteiger charge is 2.23. The normalized spacial score (nSPS) is 16.8. The molecular formula is C16H30O2. The number of carboxylic acid groups (broad SMARTS) is 1. The van der Waals surface area contributed by atoms with E-state index in [0.29, 0.717) is 17.8 Å². The van der Waals surface area contributed by atoms with Gasteiger partial charge in [0.05, 0.1) is 5.92 Å². The molecule has 1 N–H and O–H groups in total. The van der Waals surface area contributed by atoms with Gasteiger partial charge in [-0.05, 0) is 29.6 Å². The van der Waals surface area contributed by atoms with Crippen LogP contribution >= 0.6 is 0 Å². The summed E-state index contributed by atoms with van der Waals surface area (Å²) >= 11 is 0. The van der Waals surface area contributed by atoms with Gasteiger partial charge < -0.3 is 5.11 Å². The second-order valence-corrected chi connectivity index (χ2v) is 7.54. The maximum absolute atomic E-state index is 10.8. The zero-order chi connectivity index (χ0) is 14.6. The summed E-state index contributed by atoms with van der Waals surface area (Å²) < 4.78 is 0. The third kappa shape index (κ3) is 8.32. The summed E-state index contributed by atoms with van der Waals surface area (Å²) in [5, 5.41) is 8.89. The van der Waals surface area contributed by atoms with Crippen molar-refractivity contribution in [2.24, 2.45) is 22.7 Å². The van der Waals surface area contributed by atoms with E-state index < -0.39 is 5.97 Å².